The number of nitrogens with one attached hydrogen (secondary N) is 2. The van der Waals surface area contributed by atoms with Crippen LogP contribution in [0.2, 0.25) is 0 Å². The molecule has 24 heavy (non-hydrogen) atoms. The van der Waals surface area contributed by atoms with Crippen LogP contribution >= 0.6 is 0 Å². The Morgan fingerprint density at radius 1 is 1.12 bits per heavy atom. The van der Waals surface area contributed by atoms with E-state index in [1.54, 1.807) is 36.4 Å². The highest BCUT2D eigenvalue weighted by molar-refractivity contribution is 6.04. The molecule has 6 nitrogen and oxygen atoms in total. The van der Waals surface area contributed by atoms with Gasteiger partial charge in [-0.25, -0.2) is 9.78 Å². The second kappa shape index (κ2) is 8.10. The van der Waals surface area contributed by atoms with E-state index in [1.807, 2.05) is 0 Å². The van der Waals surface area contributed by atoms with Crippen LogP contribution in [0.5, 0.6) is 0 Å². The lowest BCUT2D eigenvalue weighted by molar-refractivity contribution is 0.0600. The fourth-order valence-electron chi connectivity index (χ4n) is 1.98. The lowest BCUT2D eigenvalue weighted by Gasteiger charge is -2.12. The highest BCUT2D eigenvalue weighted by Crippen LogP contribution is 2.13. The van der Waals surface area contributed by atoms with Crippen LogP contribution in [0, 0.1) is 0 Å². The van der Waals surface area contributed by atoms with Gasteiger partial charge in [0, 0.05) is 17.9 Å². The van der Waals surface area contributed by atoms with Crippen LogP contribution in [0.15, 0.2) is 42.6 Å². The number of pyridine rings is 1. The molecule has 1 atom stereocenters. The standard InChI is InChI=1S/C18H21N3O3/c1-4-12(2)20-16-10-7-14(11-19-16)17(22)21-15-8-5-13(6-9-15)18(23)24-3/h5-12H,4H2,1-3H3,(H,19,20)(H,21,22). The third-order valence-corrected chi connectivity index (χ3v) is 3.60. The van der Waals surface area contributed by atoms with Crippen molar-refractivity contribution < 1.29 is 14.3 Å². The molecule has 2 rings (SSSR count). The number of nitrogens with zero attached hydrogens (tertiary/aromatic N) is 1. The van der Waals surface area contributed by atoms with Crippen LogP contribution in [0.25, 0.3) is 0 Å². The van der Waals surface area contributed by atoms with Crippen molar-refractivity contribution in [2.45, 2.75) is 26.3 Å². The summed E-state index contributed by atoms with van der Waals surface area (Å²) < 4.78 is 4.63. The first-order valence-electron chi connectivity index (χ1n) is 7.75. The number of methoxy groups -OCH3 is 1. The van der Waals surface area contributed by atoms with Crippen LogP contribution in [-0.2, 0) is 4.74 Å². The number of carbonyl (C=O) groups is 2. The van der Waals surface area contributed by atoms with Gasteiger partial charge in [0.2, 0.25) is 0 Å². The molecule has 0 spiro atoms. The Morgan fingerprint density at radius 2 is 1.79 bits per heavy atom. The summed E-state index contributed by atoms with van der Waals surface area (Å²) in [5.41, 5.74) is 1.48. The summed E-state index contributed by atoms with van der Waals surface area (Å²) in [5.74, 6) is 0.0632. The van der Waals surface area contributed by atoms with Gasteiger partial charge in [-0.05, 0) is 49.7 Å². The lowest BCUT2D eigenvalue weighted by atomic mass is 10.2. The molecule has 126 valence electrons. The van der Waals surface area contributed by atoms with E-state index >= 15 is 0 Å². The Kier molecular flexibility index (Phi) is 5.89. The highest BCUT2D eigenvalue weighted by Gasteiger charge is 2.09. The zero-order chi connectivity index (χ0) is 17.5. The Bertz CT molecular complexity index is 696. The first-order valence-corrected chi connectivity index (χ1v) is 7.75. The quantitative estimate of drug-likeness (QED) is 0.796. The number of rotatable bonds is 6. The molecular weight excluding hydrogens is 306 g/mol. The predicted molar refractivity (Wildman–Crippen MR) is 93.3 cm³/mol. The molecule has 1 aromatic heterocycles. The maximum absolute atomic E-state index is 12.2. The molecule has 0 saturated heterocycles. The van der Waals surface area contributed by atoms with Crippen molar-refractivity contribution in [2.75, 3.05) is 17.7 Å². The summed E-state index contributed by atoms with van der Waals surface area (Å²) in [6.45, 7) is 4.16. The van der Waals surface area contributed by atoms with Gasteiger partial charge in [-0.2, -0.15) is 0 Å². The second-order valence-corrected chi connectivity index (χ2v) is 5.41. The molecule has 6 heteroatoms. The van der Waals surface area contributed by atoms with Crippen molar-refractivity contribution in [1.29, 1.82) is 0 Å². The minimum Gasteiger partial charge on any atom is -0.465 e. The Morgan fingerprint density at radius 3 is 2.33 bits per heavy atom. The molecule has 0 radical (unpaired) electrons. The van der Waals surface area contributed by atoms with E-state index in [9.17, 15) is 9.59 Å². The SMILES string of the molecule is CCC(C)Nc1ccc(C(=O)Nc2ccc(C(=O)OC)cc2)cn1. The summed E-state index contributed by atoms with van der Waals surface area (Å²) in [5, 5.41) is 6.01. The average Bonchev–Trinajstić information content (AvgIpc) is 2.62. The first kappa shape index (κ1) is 17.5. The molecule has 2 aromatic rings. The molecule has 2 N–H and O–H groups in total. The van der Waals surface area contributed by atoms with Gasteiger partial charge in [-0.15, -0.1) is 0 Å². The fraction of sp³-hybridized carbons (Fsp3) is 0.278. The minimum absolute atomic E-state index is 0.261. The largest absolute Gasteiger partial charge is 0.465 e. The van der Waals surface area contributed by atoms with E-state index in [4.69, 9.17) is 0 Å². The van der Waals surface area contributed by atoms with Crippen LogP contribution in [0.1, 0.15) is 41.0 Å². The topological polar surface area (TPSA) is 80.3 Å². The maximum atomic E-state index is 12.2. The number of hydrogen-bond donors (Lipinski definition) is 2. The highest BCUT2D eigenvalue weighted by atomic mass is 16.5. The van der Waals surface area contributed by atoms with Crippen molar-refractivity contribution in [3.63, 3.8) is 0 Å². The van der Waals surface area contributed by atoms with Crippen molar-refractivity contribution in [2.24, 2.45) is 0 Å². The smallest absolute Gasteiger partial charge is 0.337 e. The van der Waals surface area contributed by atoms with Gasteiger partial charge in [0.25, 0.3) is 5.91 Å². The summed E-state index contributed by atoms with van der Waals surface area (Å²) in [4.78, 5) is 27.8. The average molecular weight is 327 g/mol. The van der Waals surface area contributed by atoms with Crippen molar-refractivity contribution in [3.8, 4) is 0 Å². The Labute approximate surface area is 141 Å². The monoisotopic (exact) mass is 327 g/mol. The fourth-order valence-corrected chi connectivity index (χ4v) is 1.98. The first-order chi connectivity index (χ1) is 11.5. The number of amides is 1. The predicted octanol–water partition coefficient (Wildman–Crippen LogP) is 3.33. The van der Waals surface area contributed by atoms with Crippen LogP contribution < -0.4 is 10.6 Å². The Balaban J connectivity index is 2.00. The maximum Gasteiger partial charge on any atom is 0.337 e. The van der Waals surface area contributed by atoms with E-state index in [-0.39, 0.29) is 5.91 Å². The molecule has 0 fully saturated rings. The van der Waals surface area contributed by atoms with Gasteiger partial charge in [0.05, 0.1) is 18.2 Å². The number of hydrogen-bond acceptors (Lipinski definition) is 5. The van der Waals surface area contributed by atoms with Gasteiger partial charge in [-0.1, -0.05) is 6.92 Å². The van der Waals surface area contributed by atoms with Crippen LogP contribution in [-0.4, -0.2) is 30.0 Å². The van der Waals surface area contributed by atoms with Crippen LogP contribution in [0.3, 0.4) is 0 Å². The molecule has 0 aliphatic heterocycles. The number of benzene rings is 1. The Hall–Kier alpha value is -2.89. The molecule has 0 aliphatic carbocycles. The zero-order valence-electron chi connectivity index (χ0n) is 14.0. The molecule has 0 bridgehead atoms. The number of esters is 1. The third-order valence-electron chi connectivity index (χ3n) is 3.60. The summed E-state index contributed by atoms with van der Waals surface area (Å²) in [6, 6.07) is 10.3. The summed E-state index contributed by atoms with van der Waals surface area (Å²) in [7, 11) is 1.32. The number of ether oxygens (including phenoxy) is 1. The van der Waals surface area contributed by atoms with Crippen molar-refractivity contribution >= 4 is 23.4 Å². The zero-order valence-corrected chi connectivity index (χ0v) is 14.0. The van der Waals surface area contributed by atoms with E-state index in [2.05, 4.69) is 34.2 Å². The van der Waals surface area contributed by atoms with E-state index in [0.29, 0.717) is 22.9 Å². The lowest BCUT2D eigenvalue weighted by Crippen LogP contribution is -2.16. The van der Waals surface area contributed by atoms with Gasteiger partial charge in [-0.3, -0.25) is 4.79 Å². The second-order valence-electron chi connectivity index (χ2n) is 5.41. The molecule has 1 unspecified atom stereocenters. The van der Waals surface area contributed by atoms with Gasteiger partial charge >= 0.3 is 5.97 Å². The molecule has 1 amide bonds. The van der Waals surface area contributed by atoms with E-state index in [1.165, 1.54) is 13.3 Å². The number of anilines is 2. The molecule has 0 aliphatic rings. The van der Waals surface area contributed by atoms with Crippen molar-refractivity contribution in [3.05, 3.63) is 53.7 Å². The molecule has 1 heterocycles. The van der Waals surface area contributed by atoms with E-state index in [0.717, 1.165) is 12.2 Å². The van der Waals surface area contributed by atoms with Gasteiger partial charge < -0.3 is 15.4 Å². The van der Waals surface area contributed by atoms with Crippen LogP contribution in [0.4, 0.5) is 11.5 Å². The molecule has 1 aromatic carbocycles. The van der Waals surface area contributed by atoms with Crippen molar-refractivity contribution in [1.82, 2.24) is 4.98 Å². The van der Waals surface area contributed by atoms with E-state index < -0.39 is 5.97 Å². The molecular formula is C18H21N3O3. The number of aromatic nitrogens is 1. The van der Waals surface area contributed by atoms with Gasteiger partial charge in [0.15, 0.2) is 0 Å². The summed E-state index contributed by atoms with van der Waals surface area (Å²) >= 11 is 0. The normalized spacial score (nSPS) is 11.5. The number of carbonyl (C=O) groups excluding carboxylic acids is 2. The van der Waals surface area contributed by atoms with Gasteiger partial charge in [0.1, 0.15) is 5.82 Å². The summed E-state index contributed by atoms with van der Waals surface area (Å²) in [6.07, 6.45) is 2.52. The molecule has 0 saturated carbocycles. The minimum atomic E-state index is -0.415. The third kappa shape index (κ3) is 4.55.